The average Bonchev–Trinajstić information content (AvgIpc) is 3.09. The molecule has 0 unspecified atom stereocenters. The fourth-order valence-electron chi connectivity index (χ4n) is 2.78. The van der Waals surface area contributed by atoms with E-state index in [0.717, 1.165) is 28.7 Å². The Kier molecular flexibility index (Phi) is 5.91. The number of hydrogen-bond donors (Lipinski definition) is 0. The molecular formula is C21H23NO3S. The van der Waals surface area contributed by atoms with Gasteiger partial charge in [-0.3, -0.25) is 9.63 Å². The summed E-state index contributed by atoms with van der Waals surface area (Å²) in [6.07, 6.45) is 1.94. The van der Waals surface area contributed by atoms with Gasteiger partial charge < -0.3 is 4.74 Å². The minimum Gasteiger partial charge on any atom is -0.494 e. The summed E-state index contributed by atoms with van der Waals surface area (Å²) >= 11 is 1.50. The predicted molar refractivity (Wildman–Crippen MR) is 106 cm³/mol. The molecule has 0 radical (unpaired) electrons. The van der Waals surface area contributed by atoms with E-state index in [1.165, 1.54) is 34.6 Å². The second kappa shape index (κ2) is 8.34. The largest absolute Gasteiger partial charge is 0.494 e. The molecule has 5 heteroatoms. The molecule has 0 N–H and O–H groups in total. The minimum absolute atomic E-state index is 0.121. The van der Waals surface area contributed by atoms with Gasteiger partial charge in [-0.15, -0.1) is 11.3 Å². The monoisotopic (exact) mass is 369 g/mol. The molecule has 0 fully saturated rings. The molecule has 0 saturated heterocycles. The molecule has 1 aromatic heterocycles. The smallest absolute Gasteiger partial charge is 0.287 e. The Labute approximate surface area is 157 Å². The molecule has 0 bridgehead atoms. The van der Waals surface area contributed by atoms with E-state index in [0.29, 0.717) is 11.5 Å². The van der Waals surface area contributed by atoms with Crippen LogP contribution in [0.15, 0.2) is 48.5 Å². The zero-order valence-corrected chi connectivity index (χ0v) is 16.1. The first kappa shape index (κ1) is 18.4. The Balaban J connectivity index is 1.69. The van der Waals surface area contributed by atoms with Crippen LogP contribution in [0.1, 0.15) is 27.7 Å². The SMILES string of the molecule is CCOc1ccc(CCc2ccc3cc(C(=O)N(C)OC)sc3c2)cc1. The van der Waals surface area contributed by atoms with Crippen molar-refractivity contribution in [2.75, 3.05) is 20.8 Å². The number of aryl methyl sites for hydroxylation is 2. The number of nitrogens with zero attached hydrogens (tertiary/aromatic N) is 1. The van der Waals surface area contributed by atoms with Crippen molar-refractivity contribution in [1.29, 1.82) is 0 Å². The van der Waals surface area contributed by atoms with E-state index in [1.54, 1.807) is 7.05 Å². The van der Waals surface area contributed by atoms with Gasteiger partial charge in [-0.25, -0.2) is 5.06 Å². The van der Waals surface area contributed by atoms with Crippen molar-refractivity contribution in [2.45, 2.75) is 19.8 Å². The van der Waals surface area contributed by atoms with E-state index < -0.39 is 0 Å². The van der Waals surface area contributed by atoms with Crippen LogP contribution in [-0.4, -0.2) is 31.7 Å². The predicted octanol–water partition coefficient (Wildman–Crippen LogP) is 4.72. The van der Waals surface area contributed by atoms with Gasteiger partial charge in [0.1, 0.15) is 5.75 Å². The van der Waals surface area contributed by atoms with E-state index in [2.05, 4.69) is 30.3 Å². The van der Waals surface area contributed by atoms with Crippen LogP contribution in [0.5, 0.6) is 5.75 Å². The molecule has 1 amide bonds. The number of amides is 1. The zero-order valence-electron chi connectivity index (χ0n) is 15.3. The topological polar surface area (TPSA) is 38.8 Å². The first-order valence-electron chi connectivity index (χ1n) is 8.67. The fourth-order valence-corrected chi connectivity index (χ4v) is 3.88. The summed E-state index contributed by atoms with van der Waals surface area (Å²) in [6.45, 7) is 2.67. The molecule has 0 aliphatic carbocycles. The molecule has 0 aliphatic heterocycles. The van der Waals surface area contributed by atoms with Crippen LogP contribution in [0.25, 0.3) is 10.1 Å². The normalized spacial score (nSPS) is 10.9. The van der Waals surface area contributed by atoms with Crippen LogP contribution in [0.2, 0.25) is 0 Å². The summed E-state index contributed by atoms with van der Waals surface area (Å²) < 4.78 is 6.61. The van der Waals surface area contributed by atoms with Gasteiger partial charge in [-0.1, -0.05) is 24.3 Å². The molecule has 3 rings (SSSR count). The van der Waals surface area contributed by atoms with Crippen molar-refractivity contribution in [3.63, 3.8) is 0 Å². The summed E-state index contributed by atoms with van der Waals surface area (Å²) in [5.41, 5.74) is 2.56. The van der Waals surface area contributed by atoms with Crippen molar-refractivity contribution in [1.82, 2.24) is 5.06 Å². The Hall–Kier alpha value is -2.37. The van der Waals surface area contributed by atoms with Crippen LogP contribution >= 0.6 is 11.3 Å². The van der Waals surface area contributed by atoms with Gasteiger partial charge >= 0.3 is 0 Å². The van der Waals surface area contributed by atoms with E-state index in [4.69, 9.17) is 9.57 Å². The minimum atomic E-state index is -0.121. The zero-order chi connectivity index (χ0) is 18.5. The molecule has 26 heavy (non-hydrogen) atoms. The number of benzene rings is 2. The molecule has 0 atom stereocenters. The first-order chi connectivity index (χ1) is 12.6. The second-order valence-electron chi connectivity index (χ2n) is 6.04. The van der Waals surface area contributed by atoms with Gasteiger partial charge in [0.2, 0.25) is 0 Å². The molecule has 136 valence electrons. The third-order valence-corrected chi connectivity index (χ3v) is 5.38. The van der Waals surface area contributed by atoms with Crippen LogP contribution in [0.4, 0.5) is 0 Å². The molecule has 1 heterocycles. The number of ether oxygens (including phenoxy) is 1. The number of fused-ring (bicyclic) bond motifs is 1. The van der Waals surface area contributed by atoms with E-state index in [-0.39, 0.29) is 5.91 Å². The average molecular weight is 369 g/mol. The maximum Gasteiger partial charge on any atom is 0.287 e. The third-order valence-electron chi connectivity index (χ3n) is 4.29. The van der Waals surface area contributed by atoms with Crippen molar-refractivity contribution in [3.05, 3.63) is 64.5 Å². The second-order valence-corrected chi connectivity index (χ2v) is 7.13. The van der Waals surface area contributed by atoms with Crippen LogP contribution in [0.3, 0.4) is 0 Å². The molecule has 3 aromatic rings. The molecule has 2 aromatic carbocycles. The Morgan fingerprint density at radius 3 is 2.42 bits per heavy atom. The summed E-state index contributed by atoms with van der Waals surface area (Å²) in [6, 6.07) is 16.6. The van der Waals surface area contributed by atoms with Gasteiger partial charge in [0.05, 0.1) is 18.6 Å². The van der Waals surface area contributed by atoms with Crippen molar-refractivity contribution in [3.8, 4) is 5.75 Å². The van der Waals surface area contributed by atoms with Crippen molar-refractivity contribution in [2.24, 2.45) is 0 Å². The van der Waals surface area contributed by atoms with Gasteiger partial charge in [0.15, 0.2) is 0 Å². The van der Waals surface area contributed by atoms with E-state index in [1.807, 2.05) is 25.1 Å². The van der Waals surface area contributed by atoms with Crippen molar-refractivity contribution < 1.29 is 14.4 Å². The lowest BCUT2D eigenvalue weighted by molar-refractivity contribution is -0.0753. The highest BCUT2D eigenvalue weighted by Gasteiger charge is 2.14. The lowest BCUT2D eigenvalue weighted by Crippen LogP contribution is -2.24. The Bertz CT molecular complexity index is 886. The number of hydroxylamine groups is 2. The maximum absolute atomic E-state index is 12.2. The van der Waals surface area contributed by atoms with Gasteiger partial charge in [0, 0.05) is 11.7 Å². The van der Waals surface area contributed by atoms with E-state index in [9.17, 15) is 4.79 Å². The molecule has 0 spiro atoms. The quantitative estimate of drug-likeness (QED) is 0.566. The van der Waals surface area contributed by atoms with Crippen molar-refractivity contribution >= 4 is 27.3 Å². The Morgan fingerprint density at radius 2 is 1.73 bits per heavy atom. The summed E-state index contributed by atoms with van der Waals surface area (Å²) in [4.78, 5) is 17.9. The number of carbonyl (C=O) groups excluding carboxylic acids is 1. The van der Waals surface area contributed by atoms with Crippen LogP contribution in [-0.2, 0) is 17.7 Å². The summed E-state index contributed by atoms with van der Waals surface area (Å²) in [7, 11) is 3.11. The van der Waals surface area contributed by atoms with Gasteiger partial charge in [0.25, 0.3) is 5.91 Å². The van der Waals surface area contributed by atoms with Gasteiger partial charge in [-0.2, -0.15) is 0 Å². The third kappa shape index (κ3) is 4.23. The Morgan fingerprint density at radius 1 is 1.04 bits per heavy atom. The van der Waals surface area contributed by atoms with Crippen LogP contribution < -0.4 is 4.74 Å². The number of rotatable bonds is 7. The summed E-state index contributed by atoms with van der Waals surface area (Å²) in [5, 5.41) is 2.34. The fraction of sp³-hybridized carbons (Fsp3) is 0.286. The molecule has 0 saturated carbocycles. The highest BCUT2D eigenvalue weighted by molar-refractivity contribution is 7.20. The summed E-state index contributed by atoms with van der Waals surface area (Å²) in [5.74, 6) is 0.791. The standard InChI is InChI=1S/C21H23NO3S/c1-4-25-18-11-8-15(9-12-18)5-6-16-7-10-17-14-20(26-19(17)13-16)21(23)22(2)24-3/h7-14H,4-6H2,1-3H3. The lowest BCUT2D eigenvalue weighted by atomic mass is 10.0. The number of carbonyl (C=O) groups is 1. The molecular weight excluding hydrogens is 346 g/mol. The number of hydrogen-bond acceptors (Lipinski definition) is 4. The van der Waals surface area contributed by atoms with Crippen LogP contribution in [0, 0.1) is 0 Å². The highest BCUT2D eigenvalue weighted by Crippen LogP contribution is 2.28. The molecule has 0 aliphatic rings. The lowest BCUT2D eigenvalue weighted by Gasteiger charge is -2.11. The first-order valence-corrected chi connectivity index (χ1v) is 9.48. The van der Waals surface area contributed by atoms with E-state index >= 15 is 0 Å². The number of thiophene rings is 1. The van der Waals surface area contributed by atoms with Gasteiger partial charge in [-0.05, 0) is 60.5 Å². The highest BCUT2D eigenvalue weighted by atomic mass is 32.1. The molecule has 4 nitrogen and oxygen atoms in total. The maximum atomic E-state index is 12.2.